The molecule has 1 saturated heterocycles. The standard InChI is InChI=1S/C20H31ClN4O2/c1-4-22-20(23-13-18(26)16-7-5-6-8-17(16)21)24-15-9-11-25(12-10-15)19(27)14(2)3/h5-8,14-15,18,26H,4,9-13H2,1-3H3,(H2,22,23,24). The molecule has 6 nitrogen and oxygen atoms in total. The number of aliphatic hydroxyl groups excluding tert-OH is 1. The van der Waals surface area contributed by atoms with Gasteiger partial charge in [0.15, 0.2) is 5.96 Å². The minimum atomic E-state index is -0.750. The van der Waals surface area contributed by atoms with E-state index in [0.29, 0.717) is 16.5 Å². The number of hydrogen-bond acceptors (Lipinski definition) is 3. The lowest BCUT2D eigenvalue weighted by Crippen LogP contribution is -2.50. The normalized spacial score (nSPS) is 17.1. The van der Waals surface area contributed by atoms with Crippen LogP contribution in [-0.2, 0) is 4.79 Å². The number of carbonyl (C=O) groups is 1. The Bertz CT molecular complexity index is 643. The van der Waals surface area contributed by atoms with Crippen molar-refractivity contribution in [1.29, 1.82) is 0 Å². The minimum Gasteiger partial charge on any atom is -0.386 e. The summed E-state index contributed by atoms with van der Waals surface area (Å²) in [5.74, 6) is 0.939. The molecule has 1 amide bonds. The summed E-state index contributed by atoms with van der Waals surface area (Å²) in [6, 6.07) is 7.52. The fraction of sp³-hybridized carbons (Fsp3) is 0.600. The average molecular weight is 395 g/mol. The molecule has 3 N–H and O–H groups in total. The molecule has 1 aliphatic heterocycles. The molecule has 2 rings (SSSR count). The third-order valence-electron chi connectivity index (χ3n) is 4.67. The molecule has 27 heavy (non-hydrogen) atoms. The highest BCUT2D eigenvalue weighted by molar-refractivity contribution is 6.31. The number of benzene rings is 1. The molecule has 1 heterocycles. The number of likely N-dealkylation sites (tertiary alicyclic amines) is 1. The Kier molecular flexibility index (Phi) is 8.38. The average Bonchev–Trinajstić information content (AvgIpc) is 2.66. The lowest BCUT2D eigenvalue weighted by atomic mass is 10.0. The van der Waals surface area contributed by atoms with Gasteiger partial charge in [-0.15, -0.1) is 0 Å². The van der Waals surface area contributed by atoms with E-state index in [9.17, 15) is 9.90 Å². The largest absolute Gasteiger partial charge is 0.386 e. The first kappa shape index (κ1) is 21.5. The van der Waals surface area contributed by atoms with Crippen LogP contribution in [0.25, 0.3) is 0 Å². The monoisotopic (exact) mass is 394 g/mol. The van der Waals surface area contributed by atoms with Crippen LogP contribution in [0.2, 0.25) is 5.02 Å². The van der Waals surface area contributed by atoms with Crippen molar-refractivity contribution in [1.82, 2.24) is 15.5 Å². The Morgan fingerprint density at radius 1 is 1.33 bits per heavy atom. The van der Waals surface area contributed by atoms with Crippen LogP contribution in [0.3, 0.4) is 0 Å². The van der Waals surface area contributed by atoms with E-state index in [0.717, 1.165) is 32.5 Å². The number of hydrogen-bond donors (Lipinski definition) is 3. The fourth-order valence-electron chi connectivity index (χ4n) is 3.14. The number of nitrogens with zero attached hydrogens (tertiary/aromatic N) is 2. The number of halogens is 1. The molecular formula is C20H31ClN4O2. The molecule has 0 aromatic heterocycles. The number of rotatable bonds is 6. The van der Waals surface area contributed by atoms with Crippen molar-refractivity contribution >= 4 is 23.5 Å². The van der Waals surface area contributed by atoms with E-state index < -0.39 is 6.10 Å². The van der Waals surface area contributed by atoms with Gasteiger partial charge in [-0.2, -0.15) is 0 Å². The molecule has 1 aliphatic rings. The van der Waals surface area contributed by atoms with Crippen molar-refractivity contribution in [3.05, 3.63) is 34.9 Å². The first-order valence-electron chi connectivity index (χ1n) is 9.68. The Morgan fingerprint density at radius 3 is 2.59 bits per heavy atom. The number of nitrogens with one attached hydrogen (secondary N) is 2. The van der Waals surface area contributed by atoms with Gasteiger partial charge in [0.05, 0.1) is 6.54 Å². The number of amides is 1. The second-order valence-electron chi connectivity index (χ2n) is 7.16. The lowest BCUT2D eigenvalue weighted by Gasteiger charge is -2.34. The molecule has 150 valence electrons. The molecule has 1 aromatic rings. The highest BCUT2D eigenvalue weighted by Gasteiger charge is 2.24. The van der Waals surface area contributed by atoms with Crippen LogP contribution in [-0.4, -0.2) is 54.1 Å². The van der Waals surface area contributed by atoms with E-state index in [-0.39, 0.29) is 24.4 Å². The Balaban J connectivity index is 1.91. The summed E-state index contributed by atoms with van der Waals surface area (Å²) in [7, 11) is 0. The van der Waals surface area contributed by atoms with E-state index in [1.165, 1.54) is 0 Å². The topological polar surface area (TPSA) is 77.0 Å². The van der Waals surface area contributed by atoms with Crippen molar-refractivity contribution < 1.29 is 9.90 Å². The van der Waals surface area contributed by atoms with Gasteiger partial charge in [-0.1, -0.05) is 43.6 Å². The minimum absolute atomic E-state index is 0.0414. The van der Waals surface area contributed by atoms with Crippen molar-refractivity contribution in [3.8, 4) is 0 Å². The van der Waals surface area contributed by atoms with E-state index >= 15 is 0 Å². The third kappa shape index (κ3) is 6.40. The molecule has 7 heteroatoms. The molecule has 0 saturated carbocycles. The predicted molar refractivity (Wildman–Crippen MR) is 110 cm³/mol. The summed E-state index contributed by atoms with van der Waals surface area (Å²) in [5.41, 5.74) is 0.680. The van der Waals surface area contributed by atoms with Crippen molar-refractivity contribution in [2.45, 2.75) is 45.8 Å². The summed E-state index contributed by atoms with van der Waals surface area (Å²) in [5, 5.41) is 17.6. The van der Waals surface area contributed by atoms with Crippen molar-refractivity contribution in [2.75, 3.05) is 26.2 Å². The second-order valence-corrected chi connectivity index (χ2v) is 7.56. The Morgan fingerprint density at radius 2 is 2.00 bits per heavy atom. The van der Waals surface area contributed by atoms with Gasteiger partial charge >= 0.3 is 0 Å². The van der Waals surface area contributed by atoms with Gasteiger partial charge in [-0.05, 0) is 25.8 Å². The van der Waals surface area contributed by atoms with Gasteiger partial charge in [0.2, 0.25) is 5.91 Å². The molecule has 1 unspecified atom stereocenters. The van der Waals surface area contributed by atoms with Gasteiger partial charge in [0.1, 0.15) is 6.10 Å². The van der Waals surface area contributed by atoms with Crippen LogP contribution in [0, 0.1) is 5.92 Å². The van der Waals surface area contributed by atoms with Gasteiger partial charge in [-0.25, -0.2) is 0 Å². The van der Waals surface area contributed by atoms with E-state index in [2.05, 4.69) is 15.6 Å². The van der Waals surface area contributed by atoms with E-state index in [1.807, 2.05) is 43.9 Å². The molecule has 0 spiro atoms. The van der Waals surface area contributed by atoms with Gasteiger partial charge < -0.3 is 20.6 Å². The highest BCUT2D eigenvalue weighted by Crippen LogP contribution is 2.22. The summed E-state index contributed by atoms with van der Waals surface area (Å²) >= 11 is 6.14. The SMILES string of the molecule is CCNC(=NCC(O)c1ccccc1Cl)NC1CCN(C(=O)C(C)C)CC1. The first-order chi connectivity index (χ1) is 12.9. The van der Waals surface area contributed by atoms with Crippen LogP contribution >= 0.6 is 11.6 Å². The molecular weight excluding hydrogens is 364 g/mol. The van der Waals surface area contributed by atoms with Crippen LogP contribution in [0.4, 0.5) is 0 Å². The van der Waals surface area contributed by atoms with Gasteiger partial charge in [0, 0.05) is 42.2 Å². The van der Waals surface area contributed by atoms with Crippen LogP contribution < -0.4 is 10.6 Å². The maximum atomic E-state index is 12.1. The van der Waals surface area contributed by atoms with Crippen LogP contribution in [0.5, 0.6) is 0 Å². The number of aliphatic hydroxyl groups is 1. The Labute approximate surface area is 167 Å². The maximum Gasteiger partial charge on any atom is 0.225 e. The van der Waals surface area contributed by atoms with Crippen LogP contribution in [0.1, 0.15) is 45.3 Å². The van der Waals surface area contributed by atoms with Crippen LogP contribution in [0.15, 0.2) is 29.3 Å². The van der Waals surface area contributed by atoms with E-state index in [1.54, 1.807) is 6.07 Å². The lowest BCUT2D eigenvalue weighted by molar-refractivity contribution is -0.135. The fourth-order valence-corrected chi connectivity index (χ4v) is 3.41. The molecule has 0 aliphatic carbocycles. The van der Waals surface area contributed by atoms with Crippen molar-refractivity contribution in [2.24, 2.45) is 10.9 Å². The highest BCUT2D eigenvalue weighted by atomic mass is 35.5. The smallest absolute Gasteiger partial charge is 0.225 e. The zero-order chi connectivity index (χ0) is 19.8. The molecule has 0 bridgehead atoms. The maximum absolute atomic E-state index is 12.1. The summed E-state index contributed by atoms with van der Waals surface area (Å²) in [6.07, 6.45) is 1.02. The number of guanidine groups is 1. The molecule has 1 aromatic carbocycles. The van der Waals surface area contributed by atoms with E-state index in [4.69, 9.17) is 11.6 Å². The van der Waals surface area contributed by atoms with Crippen molar-refractivity contribution in [3.63, 3.8) is 0 Å². The molecule has 1 fully saturated rings. The number of carbonyl (C=O) groups excluding carboxylic acids is 1. The zero-order valence-corrected chi connectivity index (χ0v) is 17.2. The first-order valence-corrected chi connectivity index (χ1v) is 10.1. The summed E-state index contributed by atoms with van der Waals surface area (Å²) in [4.78, 5) is 18.6. The predicted octanol–water partition coefficient (Wildman–Crippen LogP) is 2.58. The summed E-state index contributed by atoms with van der Waals surface area (Å²) < 4.78 is 0. The zero-order valence-electron chi connectivity index (χ0n) is 16.4. The number of aliphatic imine (C=N–C) groups is 1. The Hall–Kier alpha value is -1.79. The molecule has 1 atom stereocenters. The third-order valence-corrected chi connectivity index (χ3v) is 5.02. The second kappa shape index (κ2) is 10.5. The molecule has 0 radical (unpaired) electrons. The van der Waals surface area contributed by atoms with Gasteiger partial charge in [0.25, 0.3) is 0 Å². The number of piperidine rings is 1. The summed E-state index contributed by atoms with van der Waals surface area (Å²) in [6.45, 7) is 8.36. The van der Waals surface area contributed by atoms with Gasteiger partial charge in [-0.3, -0.25) is 9.79 Å². The quantitative estimate of drug-likeness (QED) is 0.512.